The van der Waals surface area contributed by atoms with E-state index in [0.29, 0.717) is 12.2 Å². The SMILES string of the molecule is CC(C)(C)OC(=O)NC(C)(C)C(=O)NC(Cc1ccsc1)C(=O)Nc1cnc[nH]1. The van der Waals surface area contributed by atoms with E-state index in [1.807, 2.05) is 16.8 Å². The molecule has 2 aromatic heterocycles. The lowest BCUT2D eigenvalue weighted by atomic mass is 10.0. The molecule has 0 aromatic carbocycles. The minimum Gasteiger partial charge on any atom is -0.444 e. The van der Waals surface area contributed by atoms with Crippen molar-refractivity contribution in [3.8, 4) is 0 Å². The first-order valence-corrected chi connectivity index (χ1v) is 10.0. The summed E-state index contributed by atoms with van der Waals surface area (Å²) in [4.78, 5) is 44.3. The van der Waals surface area contributed by atoms with Crippen molar-refractivity contribution in [1.29, 1.82) is 0 Å². The van der Waals surface area contributed by atoms with E-state index in [1.54, 1.807) is 34.6 Å². The fraction of sp³-hybridized carbons (Fsp3) is 0.474. The van der Waals surface area contributed by atoms with Gasteiger partial charge in [0.15, 0.2) is 0 Å². The molecule has 0 saturated carbocycles. The highest BCUT2D eigenvalue weighted by Gasteiger charge is 2.34. The topological polar surface area (TPSA) is 125 Å². The van der Waals surface area contributed by atoms with Gasteiger partial charge in [0.05, 0.1) is 12.5 Å². The van der Waals surface area contributed by atoms with Crippen molar-refractivity contribution in [2.75, 3.05) is 5.32 Å². The lowest BCUT2D eigenvalue weighted by Gasteiger charge is -2.29. The van der Waals surface area contributed by atoms with E-state index in [9.17, 15) is 14.4 Å². The molecule has 0 aliphatic heterocycles. The van der Waals surface area contributed by atoms with Crippen LogP contribution in [0.25, 0.3) is 0 Å². The van der Waals surface area contributed by atoms with E-state index < -0.39 is 35.1 Å². The highest BCUT2D eigenvalue weighted by atomic mass is 32.1. The number of rotatable bonds is 7. The van der Waals surface area contributed by atoms with Gasteiger partial charge in [0, 0.05) is 6.42 Å². The Morgan fingerprint density at radius 2 is 1.97 bits per heavy atom. The van der Waals surface area contributed by atoms with Crippen LogP contribution in [0.15, 0.2) is 29.4 Å². The van der Waals surface area contributed by atoms with Gasteiger partial charge in [0.25, 0.3) is 0 Å². The number of hydrogen-bond donors (Lipinski definition) is 4. The van der Waals surface area contributed by atoms with Crippen LogP contribution in [0.3, 0.4) is 0 Å². The van der Waals surface area contributed by atoms with Crippen molar-refractivity contribution in [2.24, 2.45) is 0 Å². The summed E-state index contributed by atoms with van der Waals surface area (Å²) in [5.74, 6) is -0.490. The number of anilines is 1. The van der Waals surface area contributed by atoms with Gasteiger partial charge in [-0.15, -0.1) is 0 Å². The molecule has 10 heteroatoms. The maximum atomic E-state index is 12.8. The van der Waals surface area contributed by atoms with Crippen LogP contribution in [-0.4, -0.2) is 45.1 Å². The first kappa shape index (κ1) is 22.4. The van der Waals surface area contributed by atoms with Gasteiger partial charge in [0.1, 0.15) is 23.0 Å². The number of carbonyl (C=O) groups is 3. The molecule has 9 nitrogen and oxygen atoms in total. The van der Waals surface area contributed by atoms with Gasteiger partial charge in [-0.2, -0.15) is 11.3 Å². The molecule has 1 unspecified atom stereocenters. The Balaban J connectivity index is 2.08. The second-order valence-corrected chi connectivity index (χ2v) is 8.85. The number of H-pyrrole nitrogens is 1. The highest BCUT2D eigenvalue weighted by Crippen LogP contribution is 2.13. The van der Waals surface area contributed by atoms with Gasteiger partial charge < -0.3 is 25.7 Å². The summed E-state index contributed by atoms with van der Waals surface area (Å²) in [6.07, 6.45) is 2.50. The largest absolute Gasteiger partial charge is 0.444 e. The lowest BCUT2D eigenvalue weighted by Crippen LogP contribution is -2.59. The fourth-order valence-electron chi connectivity index (χ4n) is 2.35. The van der Waals surface area contributed by atoms with Crippen molar-refractivity contribution in [1.82, 2.24) is 20.6 Å². The summed E-state index contributed by atoms with van der Waals surface area (Å²) in [5, 5.41) is 11.8. The smallest absolute Gasteiger partial charge is 0.408 e. The second-order valence-electron chi connectivity index (χ2n) is 8.07. The van der Waals surface area contributed by atoms with Crippen LogP contribution in [0.2, 0.25) is 0 Å². The third-order valence-electron chi connectivity index (χ3n) is 3.78. The Hall–Kier alpha value is -2.88. The summed E-state index contributed by atoms with van der Waals surface area (Å²) in [6, 6.07) is 1.04. The summed E-state index contributed by atoms with van der Waals surface area (Å²) in [6.45, 7) is 8.28. The number of nitrogens with zero attached hydrogens (tertiary/aromatic N) is 1. The predicted octanol–water partition coefficient (Wildman–Crippen LogP) is 2.44. The molecule has 0 fully saturated rings. The van der Waals surface area contributed by atoms with Gasteiger partial charge in [-0.05, 0) is 57.0 Å². The number of carbonyl (C=O) groups excluding carboxylic acids is 3. The third-order valence-corrected chi connectivity index (χ3v) is 4.51. The summed E-state index contributed by atoms with van der Waals surface area (Å²) < 4.78 is 5.21. The van der Waals surface area contributed by atoms with Crippen LogP contribution in [0.5, 0.6) is 0 Å². The third kappa shape index (κ3) is 7.22. The maximum absolute atomic E-state index is 12.8. The van der Waals surface area contributed by atoms with Crippen LogP contribution < -0.4 is 16.0 Å². The van der Waals surface area contributed by atoms with Crippen LogP contribution in [-0.2, 0) is 20.7 Å². The molecule has 2 heterocycles. The number of thiophene rings is 1. The molecule has 0 aliphatic carbocycles. The van der Waals surface area contributed by atoms with E-state index in [0.717, 1.165) is 5.56 Å². The number of amides is 3. The molecule has 2 rings (SSSR count). The maximum Gasteiger partial charge on any atom is 0.408 e. The molecular weight excluding hydrogens is 394 g/mol. The van der Waals surface area contributed by atoms with Gasteiger partial charge in [-0.25, -0.2) is 9.78 Å². The molecule has 4 N–H and O–H groups in total. The molecule has 2 aromatic rings. The van der Waals surface area contributed by atoms with Gasteiger partial charge in [-0.1, -0.05) is 0 Å². The zero-order chi connectivity index (χ0) is 21.7. The number of alkyl carbamates (subject to hydrolysis) is 1. The Bertz CT molecular complexity index is 825. The zero-order valence-corrected chi connectivity index (χ0v) is 18.0. The molecule has 158 valence electrons. The zero-order valence-electron chi connectivity index (χ0n) is 17.2. The van der Waals surface area contributed by atoms with Gasteiger partial charge >= 0.3 is 6.09 Å². The Labute approximate surface area is 173 Å². The van der Waals surface area contributed by atoms with E-state index in [2.05, 4.69) is 25.9 Å². The van der Waals surface area contributed by atoms with E-state index in [4.69, 9.17) is 4.74 Å². The monoisotopic (exact) mass is 421 g/mol. The molecule has 0 bridgehead atoms. The summed E-state index contributed by atoms with van der Waals surface area (Å²) in [7, 11) is 0. The van der Waals surface area contributed by atoms with Crippen molar-refractivity contribution in [3.05, 3.63) is 34.9 Å². The van der Waals surface area contributed by atoms with Crippen molar-refractivity contribution < 1.29 is 19.1 Å². The summed E-state index contributed by atoms with van der Waals surface area (Å²) in [5.41, 5.74) is -1.07. The molecule has 29 heavy (non-hydrogen) atoms. The number of ether oxygens (including phenoxy) is 1. The Morgan fingerprint density at radius 3 is 2.52 bits per heavy atom. The molecule has 0 spiro atoms. The fourth-order valence-corrected chi connectivity index (χ4v) is 3.03. The average Bonchev–Trinajstić information content (AvgIpc) is 3.25. The van der Waals surface area contributed by atoms with Crippen molar-refractivity contribution >= 4 is 35.1 Å². The van der Waals surface area contributed by atoms with Crippen LogP contribution in [0.1, 0.15) is 40.2 Å². The van der Waals surface area contributed by atoms with Crippen LogP contribution in [0.4, 0.5) is 10.6 Å². The number of aromatic amines is 1. The van der Waals surface area contributed by atoms with Crippen LogP contribution >= 0.6 is 11.3 Å². The first-order chi connectivity index (χ1) is 13.5. The molecule has 1 atom stereocenters. The number of nitrogens with one attached hydrogen (secondary N) is 4. The van der Waals surface area contributed by atoms with Crippen LogP contribution in [0, 0.1) is 0 Å². The average molecular weight is 422 g/mol. The highest BCUT2D eigenvalue weighted by molar-refractivity contribution is 7.07. The quantitative estimate of drug-likeness (QED) is 0.546. The van der Waals surface area contributed by atoms with E-state index in [1.165, 1.54) is 23.9 Å². The summed E-state index contributed by atoms with van der Waals surface area (Å²) >= 11 is 1.50. The van der Waals surface area contributed by atoms with E-state index >= 15 is 0 Å². The standard InChI is InChI=1S/C19H27N5O4S/c1-18(2,3)28-17(27)24-19(4,5)16(26)22-13(8-12-6-7-29-10-12)15(25)23-14-9-20-11-21-14/h6-7,9-11,13H,8H2,1-5H3,(H,20,21)(H,22,26)(H,23,25)(H,24,27). The second kappa shape index (κ2) is 9.08. The predicted molar refractivity (Wildman–Crippen MR) is 111 cm³/mol. The number of imidazole rings is 1. The van der Waals surface area contributed by atoms with Gasteiger partial charge in [0.2, 0.25) is 11.8 Å². The minimum absolute atomic E-state index is 0.303. The molecular formula is C19H27N5O4S. The Morgan fingerprint density at radius 1 is 1.24 bits per heavy atom. The van der Waals surface area contributed by atoms with Crippen molar-refractivity contribution in [2.45, 2.75) is 58.2 Å². The lowest BCUT2D eigenvalue weighted by molar-refractivity contribution is -0.130. The molecule has 3 amide bonds. The van der Waals surface area contributed by atoms with E-state index in [-0.39, 0.29) is 0 Å². The normalized spacial score (nSPS) is 12.7. The van der Waals surface area contributed by atoms with Crippen molar-refractivity contribution in [3.63, 3.8) is 0 Å². The first-order valence-electron chi connectivity index (χ1n) is 9.09. The molecule has 0 aliphatic rings. The number of aromatic nitrogens is 2. The van der Waals surface area contributed by atoms with Gasteiger partial charge in [-0.3, -0.25) is 9.59 Å². The number of hydrogen-bond acceptors (Lipinski definition) is 6. The molecule has 0 saturated heterocycles. The minimum atomic E-state index is -1.29. The Kier molecular flexibility index (Phi) is 7.02. The molecule has 0 radical (unpaired) electrons.